The Hall–Kier alpha value is -2.39. The number of methoxy groups -OCH3 is 1. The fourth-order valence-corrected chi connectivity index (χ4v) is 1.40. The molecular formula is C10H9F3N2O5. The number of nitro groups is 1. The van der Waals surface area contributed by atoms with Gasteiger partial charge in [-0.05, 0) is 6.92 Å². The summed E-state index contributed by atoms with van der Waals surface area (Å²) in [6, 6.07) is 0. The van der Waals surface area contributed by atoms with E-state index in [-0.39, 0.29) is 5.56 Å². The van der Waals surface area contributed by atoms with Gasteiger partial charge in [0.15, 0.2) is 5.75 Å². The van der Waals surface area contributed by atoms with Gasteiger partial charge in [0.1, 0.15) is 6.20 Å². The van der Waals surface area contributed by atoms with Gasteiger partial charge in [-0.15, -0.1) is 13.2 Å². The molecule has 10 heteroatoms. The van der Waals surface area contributed by atoms with Gasteiger partial charge in [0.25, 0.3) is 5.69 Å². The van der Waals surface area contributed by atoms with Gasteiger partial charge in [-0.25, -0.2) is 4.98 Å². The molecule has 0 atom stereocenters. The second-order valence-electron chi connectivity index (χ2n) is 3.60. The third kappa shape index (κ3) is 3.80. The number of aromatic nitrogens is 1. The van der Waals surface area contributed by atoms with Gasteiger partial charge in [-0.2, -0.15) is 0 Å². The summed E-state index contributed by atoms with van der Waals surface area (Å²) in [5.74, 6) is -1.71. The van der Waals surface area contributed by atoms with Gasteiger partial charge in [-0.3, -0.25) is 14.9 Å². The van der Waals surface area contributed by atoms with Gasteiger partial charge < -0.3 is 9.47 Å². The lowest BCUT2D eigenvalue weighted by Crippen LogP contribution is -2.20. The normalized spacial score (nSPS) is 11.1. The van der Waals surface area contributed by atoms with Gasteiger partial charge in [0, 0.05) is 0 Å². The van der Waals surface area contributed by atoms with Crippen LogP contribution in [0.25, 0.3) is 0 Å². The predicted molar refractivity (Wildman–Crippen MR) is 58.0 cm³/mol. The molecule has 0 unspecified atom stereocenters. The summed E-state index contributed by atoms with van der Waals surface area (Å²) in [5.41, 5.74) is -1.41. The zero-order valence-electron chi connectivity index (χ0n) is 10.4. The summed E-state index contributed by atoms with van der Waals surface area (Å²) >= 11 is 0. The molecule has 0 fully saturated rings. The van der Waals surface area contributed by atoms with Crippen molar-refractivity contribution in [2.75, 3.05) is 7.11 Å². The van der Waals surface area contributed by atoms with E-state index in [1.807, 2.05) is 0 Å². The molecule has 0 radical (unpaired) electrons. The van der Waals surface area contributed by atoms with Crippen LogP contribution >= 0.6 is 0 Å². The van der Waals surface area contributed by atoms with Crippen LogP contribution in [0.1, 0.15) is 11.3 Å². The molecule has 110 valence electrons. The Morgan fingerprint density at radius 2 is 2.10 bits per heavy atom. The highest BCUT2D eigenvalue weighted by atomic mass is 19.4. The zero-order valence-corrected chi connectivity index (χ0v) is 10.4. The number of hydrogen-bond donors (Lipinski definition) is 0. The molecule has 1 rings (SSSR count). The summed E-state index contributed by atoms with van der Waals surface area (Å²) in [7, 11) is 1.05. The van der Waals surface area contributed by atoms with Crippen LogP contribution in [0.5, 0.6) is 5.75 Å². The van der Waals surface area contributed by atoms with Crippen LogP contribution in [0.3, 0.4) is 0 Å². The molecule has 0 aromatic carbocycles. The minimum atomic E-state index is -5.06. The number of esters is 1. The topological polar surface area (TPSA) is 91.6 Å². The summed E-state index contributed by atoms with van der Waals surface area (Å²) in [6.07, 6.45) is -4.90. The number of ether oxygens (including phenoxy) is 2. The number of pyridine rings is 1. The highest BCUT2D eigenvalue weighted by Gasteiger charge is 2.35. The van der Waals surface area contributed by atoms with Crippen LogP contribution in [-0.2, 0) is 16.0 Å². The van der Waals surface area contributed by atoms with E-state index in [2.05, 4.69) is 14.5 Å². The molecular weight excluding hydrogens is 285 g/mol. The number of halogens is 3. The average Bonchev–Trinajstić information content (AvgIpc) is 2.31. The van der Waals surface area contributed by atoms with Gasteiger partial charge in [-0.1, -0.05) is 0 Å². The highest BCUT2D eigenvalue weighted by molar-refractivity contribution is 5.73. The molecule has 0 aliphatic carbocycles. The van der Waals surface area contributed by atoms with Crippen molar-refractivity contribution in [2.45, 2.75) is 19.7 Å². The Labute approximate surface area is 110 Å². The molecule has 1 heterocycles. The number of alkyl halides is 3. The van der Waals surface area contributed by atoms with Crippen molar-refractivity contribution in [3.05, 3.63) is 27.6 Å². The first-order valence-corrected chi connectivity index (χ1v) is 5.11. The number of nitrogens with zero attached hydrogens (tertiary/aromatic N) is 2. The fourth-order valence-electron chi connectivity index (χ4n) is 1.40. The number of hydrogen-bond acceptors (Lipinski definition) is 6. The number of rotatable bonds is 4. The molecule has 0 bridgehead atoms. The molecule has 0 spiro atoms. The monoisotopic (exact) mass is 294 g/mol. The summed E-state index contributed by atoms with van der Waals surface area (Å²) in [4.78, 5) is 24.3. The molecule has 7 nitrogen and oxygen atoms in total. The third-order valence-corrected chi connectivity index (χ3v) is 2.28. The van der Waals surface area contributed by atoms with Gasteiger partial charge in [0.2, 0.25) is 0 Å². The molecule has 0 amide bonds. The van der Waals surface area contributed by atoms with E-state index in [4.69, 9.17) is 0 Å². The molecule has 20 heavy (non-hydrogen) atoms. The van der Waals surface area contributed by atoms with E-state index in [9.17, 15) is 28.1 Å². The Morgan fingerprint density at radius 3 is 2.55 bits per heavy atom. The van der Waals surface area contributed by atoms with Crippen molar-refractivity contribution in [2.24, 2.45) is 0 Å². The lowest BCUT2D eigenvalue weighted by atomic mass is 10.1. The molecule has 0 aliphatic heterocycles. The molecule has 0 saturated heterocycles. The van der Waals surface area contributed by atoms with Crippen LogP contribution in [0.4, 0.5) is 18.9 Å². The lowest BCUT2D eigenvalue weighted by Gasteiger charge is -2.14. The van der Waals surface area contributed by atoms with E-state index in [1.54, 1.807) is 0 Å². The number of carbonyl (C=O) groups is 1. The van der Waals surface area contributed by atoms with Crippen LogP contribution < -0.4 is 4.74 Å². The maximum atomic E-state index is 12.3. The Bertz CT molecular complexity index is 544. The molecule has 0 N–H and O–H groups in total. The standard InChI is InChI=1S/C10H9F3N2O5/c1-5-7(15(17)18)4-14-6(3-8(16)19-2)9(5)20-10(11,12)13/h4H,3H2,1-2H3. The first kappa shape index (κ1) is 15.7. The molecule has 1 aromatic rings. The van der Waals surface area contributed by atoms with Crippen molar-refractivity contribution < 1.29 is 32.4 Å². The second kappa shape index (κ2) is 5.72. The molecule has 0 aliphatic rings. The van der Waals surface area contributed by atoms with E-state index in [1.165, 1.54) is 0 Å². The summed E-state index contributed by atoms with van der Waals surface area (Å²) in [6.45, 7) is 1.07. The predicted octanol–water partition coefficient (Wildman–Crippen LogP) is 1.91. The van der Waals surface area contributed by atoms with E-state index >= 15 is 0 Å². The first-order valence-electron chi connectivity index (χ1n) is 5.11. The second-order valence-corrected chi connectivity index (χ2v) is 3.60. The Kier molecular flexibility index (Phi) is 4.48. The maximum Gasteiger partial charge on any atom is 0.573 e. The van der Waals surface area contributed by atoms with Crippen molar-refractivity contribution in [1.82, 2.24) is 4.98 Å². The molecule has 0 saturated carbocycles. The minimum Gasteiger partial charge on any atom is -0.469 e. The quantitative estimate of drug-likeness (QED) is 0.478. The van der Waals surface area contributed by atoms with Crippen molar-refractivity contribution in [3.8, 4) is 5.75 Å². The van der Waals surface area contributed by atoms with Crippen LogP contribution in [0.2, 0.25) is 0 Å². The smallest absolute Gasteiger partial charge is 0.469 e. The first-order chi connectivity index (χ1) is 9.15. The minimum absolute atomic E-state index is 0.374. The van der Waals surface area contributed by atoms with Crippen molar-refractivity contribution in [3.63, 3.8) is 0 Å². The van der Waals surface area contributed by atoms with E-state index < -0.39 is 40.8 Å². The fraction of sp³-hybridized carbons (Fsp3) is 0.400. The average molecular weight is 294 g/mol. The van der Waals surface area contributed by atoms with Crippen LogP contribution in [-0.4, -0.2) is 29.3 Å². The third-order valence-electron chi connectivity index (χ3n) is 2.28. The summed E-state index contributed by atoms with van der Waals surface area (Å²) < 4.78 is 45.0. The Balaban J connectivity index is 3.33. The van der Waals surface area contributed by atoms with Gasteiger partial charge in [0.05, 0.1) is 29.7 Å². The molecule has 1 aromatic heterocycles. The van der Waals surface area contributed by atoms with Crippen molar-refractivity contribution >= 4 is 11.7 Å². The number of carbonyl (C=O) groups excluding carboxylic acids is 1. The van der Waals surface area contributed by atoms with Crippen LogP contribution in [0, 0.1) is 17.0 Å². The van der Waals surface area contributed by atoms with E-state index in [0.717, 1.165) is 20.2 Å². The SMILES string of the molecule is COC(=O)Cc1ncc([N+](=O)[O-])c(C)c1OC(F)(F)F. The lowest BCUT2D eigenvalue weighted by molar-refractivity contribution is -0.386. The summed E-state index contributed by atoms with van der Waals surface area (Å²) in [5, 5.41) is 10.7. The van der Waals surface area contributed by atoms with E-state index in [0.29, 0.717) is 0 Å². The van der Waals surface area contributed by atoms with Crippen molar-refractivity contribution in [1.29, 1.82) is 0 Å². The Morgan fingerprint density at radius 1 is 1.50 bits per heavy atom. The largest absolute Gasteiger partial charge is 0.573 e. The van der Waals surface area contributed by atoms with Gasteiger partial charge >= 0.3 is 12.3 Å². The highest BCUT2D eigenvalue weighted by Crippen LogP contribution is 2.34. The maximum absolute atomic E-state index is 12.3. The zero-order chi connectivity index (χ0) is 15.5. The van der Waals surface area contributed by atoms with Crippen LogP contribution in [0.15, 0.2) is 6.20 Å².